The number of ether oxygens (including phenoxy) is 2. The Kier molecular flexibility index (Phi) is 6.83. The summed E-state index contributed by atoms with van der Waals surface area (Å²) in [5.41, 5.74) is 0.836. The molecule has 0 fully saturated rings. The van der Waals surface area contributed by atoms with Gasteiger partial charge < -0.3 is 19.9 Å². The number of nitrogens with one attached hydrogen (secondary N) is 1. The van der Waals surface area contributed by atoms with Crippen molar-refractivity contribution in [3.63, 3.8) is 0 Å². The van der Waals surface area contributed by atoms with Crippen molar-refractivity contribution in [1.82, 2.24) is 5.32 Å². The minimum atomic E-state index is -1.08. The fourth-order valence-electron chi connectivity index (χ4n) is 2.23. The Hall–Kier alpha value is -3.02. The monoisotopic (exact) mass is 343 g/mol. The van der Waals surface area contributed by atoms with Crippen LogP contribution < -0.4 is 14.8 Å². The van der Waals surface area contributed by atoms with Crippen LogP contribution in [0.5, 0.6) is 11.5 Å². The number of benzene rings is 2. The highest BCUT2D eigenvalue weighted by atomic mass is 16.5. The standard InChI is InChI=1S/C19H21NO5/c1-2-24-15-8-10-16(11-9-15)25-13-18(21)20-17(19(22)23)12-14-6-4-3-5-7-14/h3-11,17H,2,12-13H2,1H3,(H,20,21)(H,22,23). The molecule has 6 heteroatoms. The summed E-state index contributed by atoms with van der Waals surface area (Å²) in [6.45, 7) is 2.20. The van der Waals surface area contributed by atoms with E-state index in [1.165, 1.54) is 0 Å². The first kappa shape index (κ1) is 18.3. The van der Waals surface area contributed by atoms with Gasteiger partial charge in [-0.05, 0) is 36.8 Å². The topological polar surface area (TPSA) is 84.9 Å². The van der Waals surface area contributed by atoms with Gasteiger partial charge in [0.05, 0.1) is 6.61 Å². The molecule has 0 radical (unpaired) electrons. The molecule has 1 amide bonds. The van der Waals surface area contributed by atoms with E-state index in [1.807, 2.05) is 37.3 Å². The van der Waals surface area contributed by atoms with Crippen molar-refractivity contribution in [3.05, 3.63) is 60.2 Å². The van der Waals surface area contributed by atoms with Crippen LogP contribution in [0.2, 0.25) is 0 Å². The summed E-state index contributed by atoms with van der Waals surface area (Å²) in [6, 6.07) is 15.0. The first-order valence-corrected chi connectivity index (χ1v) is 8.00. The minimum Gasteiger partial charge on any atom is -0.494 e. The van der Waals surface area contributed by atoms with Crippen molar-refractivity contribution in [2.75, 3.05) is 13.2 Å². The Bertz CT molecular complexity index is 685. The molecule has 2 N–H and O–H groups in total. The second-order valence-electron chi connectivity index (χ2n) is 5.34. The molecular weight excluding hydrogens is 322 g/mol. The summed E-state index contributed by atoms with van der Waals surface area (Å²) in [5.74, 6) is -0.350. The Labute approximate surface area is 146 Å². The van der Waals surface area contributed by atoms with Crippen LogP contribution in [0.15, 0.2) is 54.6 Å². The zero-order valence-corrected chi connectivity index (χ0v) is 14.0. The van der Waals surface area contributed by atoms with Crippen molar-refractivity contribution in [2.24, 2.45) is 0 Å². The van der Waals surface area contributed by atoms with Crippen molar-refractivity contribution in [1.29, 1.82) is 0 Å². The maximum Gasteiger partial charge on any atom is 0.326 e. The summed E-state index contributed by atoms with van der Waals surface area (Å²) in [5, 5.41) is 11.8. The SMILES string of the molecule is CCOc1ccc(OCC(=O)NC(Cc2ccccc2)C(=O)O)cc1. The molecule has 0 aliphatic heterocycles. The highest BCUT2D eigenvalue weighted by Crippen LogP contribution is 2.17. The number of hydrogen-bond donors (Lipinski definition) is 2. The molecule has 2 aromatic rings. The molecule has 0 saturated heterocycles. The highest BCUT2D eigenvalue weighted by molar-refractivity contribution is 5.84. The van der Waals surface area contributed by atoms with Crippen LogP contribution in [0.25, 0.3) is 0 Å². The van der Waals surface area contributed by atoms with E-state index in [4.69, 9.17) is 9.47 Å². The number of aliphatic carboxylic acids is 1. The van der Waals surface area contributed by atoms with Crippen molar-refractivity contribution >= 4 is 11.9 Å². The summed E-state index contributed by atoms with van der Waals surface area (Å²) in [6.07, 6.45) is 0.213. The first-order valence-electron chi connectivity index (χ1n) is 8.00. The molecule has 6 nitrogen and oxygen atoms in total. The molecule has 2 rings (SSSR count). The molecule has 1 unspecified atom stereocenters. The predicted molar refractivity (Wildman–Crippen MR) is 92.8 cm³/mol. The molecule has 1 atom stereocenters. The lowest BCUT2D eigenvalue weighted by Crippen LogP contribution is -2.44. The number of hydrogen-bond acceptors (Lipinski definition) is 4. The number of carboxylic acid groups (broad SMARTS) is 1. The predicted octanol–water partition coefficient (Wildman–Crippen LogP) is 2.28. The van der Waals surface area contributed by atoms with Gasteiger partial charge in [0.25, 0.3) is 5.91 Å². The Morgan fingerprint density at radius 3 is 2.16 bits per heavy atom. The molecule has 0 bridgehead atoms. The zero-order chi connectivity index (χ0) is 18.1. The van der Waals surface area contributed by atoms with Gasteiger partial charge in [0, 0.05) is 6.42 Å². The van der Waals surface area contributed by atoms with E-state index in [1.54, 1.807) is 24.3 Å². The number of carbonyl (C=O) groups is 2. The van der Waals surface area contributed by atoms with Crippen molar-refractivity contribution < 1.29 is 24.2 Å². The first-order chi connectivity index (χ1) is 12.1. The smallest absolute Gasteiger partial charge is 0.326 e. The van der Waals surface area contributed by atoms with E-state index in [9.17, 15) is 14.7 Å². The lowest BCUT2D eigenvalue weighted by Gasteiger charge is -2.15. The van der Waals surface area contributed by atoms with E-state index in [0.29, 0.717) is 18.1 Å². The van der Waals surface area contributed by atoms with Crippen LogP contribution in [-0.4, -0.2) is 36.2 Å². The molecule has 0 saturated carbocycles. The van der Waals surface area contributed by atoms with Gasteiger partial charge in [-0.2, -0.15) is 0 Å². The van der Waals surface area contributed by atoms with E-state index < -0.39 is 17.9 Å². The van der Waals surface area contributed by atoms with Crippen LogP contribution in [0, 0.1) is 0 Å². The molecule has 25 heavy (non-hydrogen) atoms. The molecule has 2 aromatic carbocycles. The Balaban J connectivity index is 1.85. The second-order valence-corrected chi connectivity index (χ2v) is 5.34. The summed E-state index contributed by atoms with van der Waals surface area (Å²) in [4.78, 5) is 23.3. The lowest BCUT2D eigenvalue weighted by atomic mass is 10.1. The third kappa shape index (κ3) is 6.18. The number of amides is 1. The van der Waals surface area contributed by atoms with Crippen LogP contribution in [0.4, 0.5) is 0 Å². The molecule has 0 aromatic heterocycles. The van der Waals surface area contributed by atoms with Crippen LogP contribution >= 0.6 is 0 Å². The second kappa shape index (κ2) is 9.32. The Morgan fingerprint density at radius 1 is 1.00 bits per heavy atom. The number of carbonyl (C=O) groups excluding carboxylic acids is 1. The maximum absolute atomic E-state index is 12.0. The maximum atomic E-state index is 12.0. The molecule has 0 aliphatic rings. The zero-order valence-electron chi connectivity index (χ0n) is 14.0. The van der Waals surface area contributed by atoms with Gasteiger partial charge in [0.15, 0.2) is 6.61 Å². The van der Waals surface area contributed by atoms with E-state index in [2.05, 4.69) is 5.32 Å². The molecule has 0 aliphatic carbocycles. The van der Waals surface area contributed by atoms with Gasteiger partial charge in [-0.1, -0.05) is 30.3 Å². The molecule has 132 valence electrons. The number of carboxylic acids is 1. The van der Waals surface area contributed by atoms with Crippen LogP contribution in [0.3, 0.4) is 0 Å². The summed E-state index contributed by atoms with van der Waals surface area (Å²) >= 11 is 0. The largest absolute Gasteiger partial charge is 0.494 e. The average molecular weight is 343 g/mol. The van der Waals surface area contributed by atoms with Crippen LogP contribution in [0.1, 0.15) is 12.5 Å². The van der Waals surface area contributed by atoms with Gasteiger partial charge >= 0.3 is 5.97 Å². The van der Waals surface area contributed by atoms with Crippen molar-refractivity contribution in [2.45, 2.75) is 19.4 Å². The third-order valence-electron chi connectivity index (χ3n) is 3.42. The molecule has 0 spiro atoms. The Morgan fingerprint density at radius 2 is 1.60 bits per heavy atom. The summed E-state index contributed by atoms with van der Waals surface area (Å²) in [7, 11) is 0. The van der Waals surface area contributed by atoms with Gasteiger partial charge in [0.2, 0.25) is 0 Å². The van der Waals surface area contributed by atoms with Crippen molar-refractivity contribution in [3.8, 4) is 11.5 Å². The number of rotatable bonds is 9. The summed E-state index contributed by atoms with van der Waals surface area (Å²) < 4.78 is 10.7. The van der Waals surface area contributed by atoms with E-state index >= 15 is 0 Å². The lowest BCUT2D eigenvalue weighted by molar-refractivity contribution is -0.142. The normalized spacial score (nSPS) is 11.4. The van der Waals surface area contributed by atoms with Gasteiger partial charge in [-0.15, -0.1) is 0 Å². The highest BCUT2D eigenvalue weighted by Gasteiger charge is 2.20. The quantitative estimate of drug-likeness (QED) is 0.730. The molecule has 0 heterocycles. The molecular formula is C19H21NO5. The third-order valence-corrected chi connectivity index (χ3v) is 3.42. The van der Waals surface area contributed by atoms with Gasteiger partial charge in [-0.3, -0.25) is 4.79 Å². The van der Waals surface area contributed by atoms with Crippen LogP contribution in [-0.2, 0) is 16.0 Å². The van der Waals surface area contributed by atoms with E-state index in [0.717, 1.165) is 5.56 Å². The average Bonchev–Trinajstić information content (AvgIpc) is 2.61. The van der Waals surface area contributed by atoms with Gasteiger partial charge in [0.1, 0.15) is 17.5 Å². The minimum absolute atomic E-state index is 0.213. The van der Waals surface area contributed by atoms with Gasteiger partial charge in [-0.25, -0.2) is 4.79 Å². The fraction of sp³-hybridized carbons (Fsp3) is 0.263. The fourth-order valence-corrected chi connectivity index (χ4v) is 2.23. The van der Waals surface area contributed by atoms with E-state index in [-0.39, 0.29) is 13.0 Å².